The summed E-state index contributed by atoms with van der Waals surface area (Å²) < 4.78 is 1.13. The van der Waals surface area contributed by atoms with Crippen LogP contribution in [0.4, 0.5) is 5.69 Å². The van der Waals surface area contributed by atoms with E-state index in [9.17, 15) is 19.2 Å². The Hall–Kier alpha value is -3.49. The van der Waals surface area contributed by atoms with E-state index in [1.54, 1.807) is 51.1 Å². The summed E-state index contributed by atoms with van der Waals surface area (Å²) in [4.78, 5) is 47.6. The van der Waals surface area contributed by atoms with Gasteiger partial charge in [0.1, 0.15) is 6.04 Å². The Morgan fingerprint density at radius 3 is 2.34 bits per heavy atom. The maximum Gasteiger partial charge on any atom is 0.267 e. The highest BCUT2D eigenvalue weighted by atomic mass is 16.2. The molecule has 1 heterocycles. The standard InChI is InChI=1S/C20H25N5O4/c1-4-17(26)23-16-8-6-15(7-9-16)20(29)22-12-11-21-19(28)14(3)25-18(27)10-5-13(2)24-25/h5-10,14H,4,11-12H2,1-3H3,(H,21,28)(H,22,29)(H,23,26). The molecule has 0 saturated heterocycles. The minimum atomic E-state index is -0.760. The van der Waals surface area contributed by atoms with Crippen molar-refractivity contribution in [3.05, 3.63) is 58.0 Å². The normalized spacial score (nSPS) is 11.4. The second kappa shape index (κ2) is 10.2. The summed E-state index contributed by atoms with van der Waals surface area (Å²) in [5, 5.41) is 12.1. The van der Waals surface area contributed by atoms with E-state index in [0.29, 0.717) is 23.4 Å². The SMILES string of the molecule is CCC(=O)Nc1ccc(C(=O)NCCNC(=O)C(C)n2nc(C)ccc2=O)cc1. The molecule has 0 aliphatic rings. The average molecular weight is 399 g/mol. The molecule has 9 heteroatoms. The molecule has 1 atom stereocenters. The van der Waals surface area contributed by atoms with Gasteiger partial charge in [0.15, 0.2) is 0 Å². The first-order valence-corrected chi connectivity index (χ1v) is 9.34. The number of nitrogens with zero attached hydrogens (tertiary/aromatic N) is 2. The highest BCUT2D eigenvalue weighted by Gasteiger charge is 2.17. The van der Waals surface area contributed by atoms with Crippen molar-refractivity contribution in [2.45, 2.75) is 33.2 Å². The van der Waals surface area contributed by atoms with Gasteiger partial charge in [0, 0.05) is 36.8 Å². The van der Waals surface area contributed by atoms with E-state index in [1.807, 2.05) is 0 Å². The van der Waals surface area contributed by atoms with Crippen LogP contribution in [0.15, 0.2) is 41.2 Å². The summed E-state index contributed by atoms with van der Waals surface area (Å²) in [5.41, 5.74) is 1.34. The van der Waals surface area contributed by atoms with Crippen LogP contribution in [0.5, 0.6) is 0 Å². The zero-order chi connectivity index (χ0) is 21.4. The lowest BCUT2D eigenvalue weighted by Gasteiger charge is -2.14. The number of aryl methyl sites for hydroxylation is 1. The zero-order valence-electron chi connectivity index (χ0n) is 16.7. The summed E-state index contributed by atoms with van der Waals surface area (Å²) in [6, 6.07) is 8.71. The topological polar surface area (TPSA) is 122 Å². The third kappa shape index (κ3) is 6.27. The van der Waals surface area contributed by atoms with Gasteiger partial charge in [-0.1, -0.05) is 6.92 Å². The van der Waals surface area contributed by atoms with Crippen molar-refractivity contribution >= 4 is 23.4 Å². The molecule has 0 fully saturated rings. The van der Waals surface area contributed by atoms with Crippen LogP contribution in [0.2, 0.25) is 0 Å². The van der Waals surface area contributed by atoms with Gasteiger partial charge in [0.05, 0.1) is 5.69 Å². The Labute approximate surface area is 168 Å². The maximum absolute atomic E-state index is 12.2. The Balaban J connectivity index is 1.80. The van der Waals surface area contributed by atoms with E-state index < -0.39 is 6.04 Å². The van der Waals surface area contributed by atoms with Gasteiger partial charge >= 0.3 is 0 Å². The highest BCUT2D eigenvalue weighted by Crippen LogP contribution is 2.09. The Morgan fingerprint density at radius 1 is 1.03 bits per heavy atom. The quantitative estimate of drug-likeness (QED) is 0.572. The number of carbonyl (C=O) groups is 3. The number of carbonyl (C=O) groups excluding carboxylic acids is 3. The largest absolute Gasteiger partial charge is 0.352 e. The van der Waals surface area contributed by atoms with Gasteiger partial charge in [-0.2, -0.15) is 5.10 Å². The first-order chi connectivity index (χ1) is 13.8. The molecule has 1 aromatic carbocycles. The zero-order valence-corrected chi connectivity index (χ0v) is 16.7. The molecule has 2 rings (SSSR count). The summed E-state index contributed by atoms with van der Waals surface area (Å²) >= 11 is 0. The van der Waals surface area contributed by atoms with Gasteiger partial charge in [-0.15, -0.1) is 0 Å². The number of aromatic nitrogens is 2. The Kier molecular flexibility index (Phi) is 7.64. The minimum Gasteiger partial charge on any atom is -0.352 e. The van der Waals surface area contributed by atoms with Gasteiger partial charge in [-0.3, -0.25) is 19.2 Å². The van der Waals surface area contributed by atoms with Crippen LogP contribution >= 0.6 is 0 Å². The number of amides is 3. The predicted molar refractivity (Wildman–Crippen MR) is 109 cm³/mol. The molecule has 1 aromatic heterocycles. The van der Waals surface area contributed by atoms with Crippen LogP contribution < -0.4 is 21.5 Å². The van der Waals surface area contributed by atoms with Gasteiger partial charge in [0.2, 0.25) is 11.8 Å². The number of hydrogen-bond donors (Lipinski definition) is 3. The number of hydrogen-bond acceptors (Lipinski definition) is 5. The summed E-state index contributed by atoms with van der Waals surface area (Å²) in [7, 11) is 0. The first-order valence-electron chi connectivity index (χ1n) is 9.34. The van der Waals surface area contributed by atoms with Gasteiger partial charge < -0.3 is 16.0 Å². The summed E-state index contributed by atoms with van der Waals surface area (Å²) in [6.45, 7) is 5.51. The second-order valence-corrected chi connectivity index (χ2v) is 6.46. The van der Waals surface area contributed by atoms with E-state index in [0.717, 1.165) is 4.68 Å². The van der Waals surface area contributed by atoms with Gasteiger partial charge in [-0.05, 0) is 44.2 Å². The number of anilines is 1. The monoisotopic (exact) mass is 399 g/mol. The van der Waals surface area contributed by atoms with Crippen LogP contribution in [-0.2, 0) is 9.59 Å². The van der Waals surface area contributed by atoms with Crippen molar-refractivity contribution in [3.63, 3.8) is 0 Å². The molecule has 0 saturated carbocycles. The second-order valence-electron chi connectivity index (χ2n) is 6.46. The fourth-order valence-electron chi connectivity index (χ4n) is 2.48. The Morgan fingerprint density at radius 2 is 1.69 bits per heavy atom. The number of rotatable bonds is 8. The molecule has 3 N–H and O–H groups in total. The van der Waals surface area contributed by atoms with Crippen molar-refractivity contribution in [1.29, 1.82) is 0 Å². The van der Waals surface area contributed by atoms with E-state index in [2.05, 4.69) is 21.0 Å². The molecule has 0 spiro atoms. The fourth-order valence-corrected chi connectivity index (χ4v) is 2.48. The van der Waals surface area contributed by atoms with E-state index in [-0.39, 0.29) is 36.4 Å². The van der Waals surface area contributed by atoms with Crippen LogP contribution in [0.3, 0.4) is 0 Å². The highest BCUT2D eigenvalue weighted by molar-refractivity contribution is 5.95. The molecule has 1 unspecified atom stereocenters. The molecule has 0 aliphatic carbocycles. The van der Waals surface area contributed by atoms with E-state index in [1.165, 1.54) is 6.07 Å². The number of nitrogens with one attached hydrogen (secondary N) is 3. The van der Waals surface area contributed by atoms with Gasteiger partial charge in [-0.25, -0.2) is 4.68 Å². The average Bonchev–Trinajstić information content (AvgIpc) is 2.72. The van der Waals surface area contributed by atoms with E-state index >= 15 is 0 Å². The third-order valence-electron chi connectivity index (χ3n) is 4.17. The van der Waals surface area contributed by atoms with Crippen LogP contribution in [0.25, 0.3) is 0 Å². The van der Waals surface area contributed by atoms with Crippen molar-refractivity contribution < 1.29 is 14.4 Å². The van der Waals surface area contributed by atoms with E-state index in [4.69, 9.17) is 0 Å². The minimum absolute atomic E-state index is 0.102. The lowest BCUT2D eigenvalue weighted by Crippen LogP contribution is -2.40. The fraction of sp³-hybridized carbons (Fsp3) is 0.350. The molecular formula is C20H25N5O4. The van der Waals surface area contributed by atoms with Crippen molar-refractivity contribution in [3.8, 4) is 0 Å². The molecular weight excluding hydrogens is 374 g/mol. The molecule has 2 aromatic rings. The first kappa shape index (κ1) is 21.8. The maximum atomic E-state index is 12.2. The Bertz CT molecular complexity index is 937. The molecule has 0 radical (unpaired) electrons. The molecule has 3 amide bonds. The molecule has 9 nitrogen and oxygen atoms in total. The van der Waals surface area contributed by atoms with Crippen LogP contribution in [0.1, 0.15) is 42.4 Å². The lowest BCUT2D eigenvalue weighted by atomic mass is 10.2. The lowest BCUT2D eigenvalue weighted by molar-refractivity contribution is -0.124. The number of benzene rings is 1. The third-order valence-corrected chi connectivity index (χ3v) is 4.17. The van der Waals surface area contributed by atoms with Crippen molar-refractivity contribution in [2.75, 3.05) is 18.4 Å². The molecule has 0 bridgehead atoms. The van der Waals surface area contributed by atoms with Crippen molar-refractivity contribution in [1.82, 2.24) is 20.4 Å². The predicted octanol–water partition coefficient (Wildman–Crippen LogP) is 1.01. The molecule has 154 valence electrons. The summed E-state index contributed by atoms with van der Waals surface area (Å²) in [5.74, 6) is -0.761. The van der Waals surface area contributed by atoms with Crippen molar-refractivity contribution in [2.24, 2.45) is 0 Å². The van der Waals surface area contributed by atoms with Crippen LogP contribution in [-0.4, -0.2) is 40.6 Å². The van der Waals surface area contributed by atoms with Crippen LogP contribution in [0, 0.1) is 6.92 Å². The van der Waals surface area contributed by atoms with Gasteiger partial charge in [0.25, 0.3) is 11.5 Å². The molecule has 29 heavy (non-hydrogen) atoms. The smallest absolute Gasteiger partial charge is 0.267 e. The molecule has 0 aliphatic heterocycles. The summed E-state index contributed by atoms with van der Waals surface area (Å²) in [6.07, 6.45) is 0.376.